The fraction of sp³-hybridized carbons (Fsp3) is 0.286. The zero-order valence-electron chi connectivity index (χ0n) is 17.0. The van der Waals surface area contributed by atoms with Gasteiger partial charge < -0.3 is 10.2 Å². The van der Waals surface area contributed by atoms with Crippen molar-refractivity contribution in [1.29, 1.82) is 5.26 Å². The third-order valence-corrected chi connectivity index (χ3v) is 6.75. The van der Waals surface area contributed by atoms with Crippen LogP contribution in [0.25, 0.3) is 0 Å². The smallest absolute Gasteiger partial charge is 0.355 e. The van der Waals surface area contributed by atoms with Crippen LogP contribution < -0.4 is 15.1 Å². The molecule has 2 heterocycles. The number of hydrogen-bond donors (Lipinski definition) is 1. The number of hydrogen-bond acceptors (Lipinski definition) is 5. The van der Waals surface area contributed by atoms with Crippen molar-refractivity contribution in [2.24, 2.45) is 0 Å². The number of nitriles is 1. The molecule has 0 atom stereocenters. The lowest BCUT2D eigenvalue weighted by atomic mass is 9.75. The number of halogens is 4. The molecule has 170 valence electrons. The number of nitrogens with zero attached hydrogens (tertiary/aromatic N) is 4. The summed E-state index contributed by atoms with van der Waals surface area (Å²) >= 11 is 11.2. The minimum Gasteiger partial charge on any atom is -0.355 e. The number of anilines is 2. The molecule has 1 aliphatic carbocycles. The van der Waals surface area contributed by atoms with Crippen molar-refractivity contribution in [3.05, 3.63) is 53.1 Å². The Bertz CT molecular complexity index is 1240. The van der Waals surface area contributed by atoms with Crippen molar-refractivity contribution >= 4 is 51.8 Å². The van der Waals surface area contributed by atoms with Crippen LogP contribution in [0, 0.1) is 17.1 Å². The van der Waals surface area contributed by atoms with Crippen LogP contribution in [-0.4, -0.2) is 33.6 Å². The number of benzene rings is 1. The van der Waals surface area contributed by atoms with Crippen molar-refractivity contribution in [2.75, 3.05) is 16.8 Å². The zero-order chi connectivity index (χ0) is 24.1. The van der Waals surface area contributed by atoms with Gasteiger partial charge in [-0.05, 0) is 55.7 Å². The molecule has 2 aliphatic rings. The van der Waals surface area contributed by atoms with Crippen LogP contribution in [0.2, 0.25) is 0 Å². The van der Waals surface area contributed by atoms with Crippen LogP contribution in [0.1, 0.15) is 40.9 Å². The Balaban J connectivity index is 1.80. The number of aromatic nitrogens is 1. The molecule has 2 fully saturated rings. The molecular weight excluding hydrogens is 478 g/mol. The van der Waals surface area contributed by atoms with Crippen LogP contribution in [0.5, 0.6) is 0 Å². The standard InChI is InChI=1S/C21H15F4N5OS2/c1-27-17(31)13-4-3-11(8-15(13)22)30-19(33)29(18(32)20(30)5-2-6-20)12-7-14(21(23,24)25)16(9-26)28-10-12/h3-4,7-8,10H,2,5-6H2,1H3,(H,27,31). The third-order valence-electron chi connectivity index (χ3n) is 5.82. The lowest BCUT2D eigenvalue weighted by Crippen LogP contribution is -2.54. The van der Waals surface area contributed by atoms with Crippen LogP contribution in [0.4, 0.5) is 28.9 Å². The quantitative estimate of drug-likeness (QED) is 0.504. The van der Waals surface area contributed by atoms with E-state index in [1.165, 1.54) is 30.1 Å². The SMILES string of the molecule is CNC(=O)c1ccc(N2C(=S)N(c3cnc(C#N)c(C(F)(F)F)c3)C(=S)C23CCC3)cc1F. The molecule has 1 aromatic heterocycles. The Morgan fingerprint density at radius 1 is 1.24 bits per heavy atom. The molecule has 0 bridgehead atoms. The largest absolute Gasteiger partial charge is 0.419 e. The Morgan fingerprint density at radius 3 is 2.45 bits per heavy atom. The molecule has 33 heavy (non-hydrogen) atoms. The van der Waals surface area contributed by atoms with Gasteiger partial charge in [0.25, 0.3) is 5.91 Å². The summed E-state index contributed by atoms with van der Waals surface area (Å²) < 4.78 is 55.1. The molecule has 1 saturated carbocycles. The number of amides is 1. The first-order chi connectivity index (χ1) is 15.5. The Hall–Kier alpha value is -3.17. The van der Waals surface area contributed by atoms with Gasteiger partial charge in [-0.2, -0.15) is 18.4 Å². The number of nitrogens with one attached hydrogen (secondary N) is 1. The first-order valence-electron chi connectivity index (χ1n) is 9.73. The second-order valence-electron chi connectivity index (χ2n) is 7.59. The van der Waals surface area contributed by atoms with E-state index in [2.05, 4.69) is 10.3 Å². The summed E-state index contributed by atoms with van der Waals surface area (Å²) in [4.78, 5) is 18.7. The average Bonchev–Trinajstić information content (AvgIpc) is 2.98. The topological polar surface area (TPSA) is 72.3 Å². The van der Waals surface area contributed by atoms with Crippen molar-refractivity contribution in [3.63, 3.8) is 0 Å². The zero-order valence-corrected chi connectivity index (χ0v) is 18.7. The molecule has 1 saturated heterocycles. The highest BCUT2D eigenvalue weighted by Gasteiger charge is 2.57. The van der Waals surface area contributed by atoms with Gasteiger partial charge in [0.2, 0.25) is 0 Å². The molecule has 4 rings (SSSR count). The average molecular weight is 494 g/mol. The fourth-order valence-electron chi connectivity index (χ4n) is 4.05. The second kappa shape index (κ2) is 8.00. The number of carbonyl (C=O) groups excluding carboxylic acids is 1. The van der Waals surface area contributed by atoms with Crippen LogP contribution in [0.15, 0.2) is 30.5 Å². The first kappa shape index (κ1) is 23.0. The molecular formula is C21H15F4N5OS2. The maximum Gasteiger partial charge on any atom is 0.419 e. The van der Waals surface area contributed by atoms with E-state index in [-0.39, 0.29) is 21.4 Å². The van der Waals surface area contributed by atoms with E-state index in [4.69, 9.17) is 29.7 Å². The van der Waals surface area contributed by atoms with Crippen LogP contribution >= 0.6 is 24.4 Å². The number of thiocarbonyl (C=S) groups is 2. The van der Waals surface area contributed by atoms with Gasteiger partial charge in [0.1, 0.15) is 16.9 Å². The number of carbonyl (C=O) groups is 1. The van der Waals surface area contributed by atoms with Gasteiger partial charge in [0.05, 0.1) is 28.6 Å². The molecule has 1 amide bonds. The van der Waals surface area contributed by atoms with E-state index in [0.29, 0.717) is 18.5 Å². The molecule has 2 aromatic rings. The summed E-state index contributed by atoms with van der Waals surface area (Å²) in [6.07, 6.45) is -1.76. The molecule has 6 nitrogen and oxygen atoms in total. The molecule has 1 aliphatic heterocycles. The van der Waals surface area contributed by atoms with E-state index in [9.17, 15) is 22.4 Å². The summed E-state index contributed by atoms with van der Waals surface area (Å²) in [6.45, 7) is 0. The van der Waals surface area contributed by atoms with E-state index >= 15 is 0 Å². The number of alkyl halides is 3. The van der Waals surface area contributed by atoms with Crippen molar-refractivity contribution in [2.45, 2.75) is 31.0 Å². The minimum absolute atomic E-state index is 0.0347. The highest BCUT2D eigenvalue weighted by Crippen LogP contribution is 2.49. The number of pyridine rings is 1. The monoisotopic (exact) mass is 493 g/mol. The predicted molar refractivity (Wildman–Crippen MR) is 120 cm³/mol. The Morgan fingerprint density at radius 2 is 1.94 bits per heavy atom. The summed E-state index contributed by atoms with van der Waals surface area (Å²) in [5.41, 5.74) is -2.63. The lowest BCUT2D eigenvalue weighted by molar-refractivity contribution is -0.138. The molecule has 0 unspecified atom stereocenters. The third kappa shape index (κ3) is 3.52. The summed E-state index contributed by atoms with van der Waals surface area (Å²) in [6, 6.07) is 6.21. The maximum atomic E-state index is 14.7. The van der Waals surface area contributed by atoms with Gasteiger partial charge in [-0.3, -0.25) is 9.69 Å². The first-order valence-corrected chi connectivity index (χ1v) is 10.5. The highest BCUT2D eigenvalue weighted by atomic mass is 32.1. The molecule has 1 spiro atoms. The van der Waals surface area contributed by atoms with Gasteiger partial charge in [-0.25, -0.2) is 9.37 Å². The predicted octanol–water partition coefficient (Wildman–Crippen LogP) is 4.33. The van der Waals surface area contributed by atoms with E-state index in [1.807, 2.05) is 0 Å². The molecule has 0 radical (unpaired) electrons. The molecule has 1 N–H and O–H groups in total. The van der Waals surface area contributed by atoms with Gasteiger partial charge in [-0.1, -0.05) is 12.2 Å². The van der Waals surface area contributed by atoms with Gasteiger partial charge in [0, 0.05) is 12.7 Å². The second-order valence-corrected chi connectivity index (χ2v) is 8.34. The normalized spacial score (nSPS) is 17.2. The molecule has 12 heteroatoms. The van der Waals surface area contributed by atoms with E-state index in [1.54, 1.807) is 4.90 Å². The van der Waals surface area contributed by atoms with Crippen LogP contribution in [0.3, 0.4) is 0 Å². The highest BCUT2D eigenvalue weighted by molar-refractivity contribution is 7.83. The van der Waals surface area contributed by atoms with Crippen molar-refractivity contribution in [1.82, 2.24) is 10.3 Å². The van der Waals surface area contributed by atoms with Gasteiger partial charge in [0.15, 0.2) is 10.8 Å². The van der Waals surface area contributed by atoms with Crippen LogP contribution in [-0.2, 0) is 6.18 Å². The lowest BCUT2D eigenvalue weighted by Gasteiger charge is -2.44. The van der Waals surface area contributed by atoms with E-state index in [0.717, 1.165) is 24.8 Å². The van der Waals surface area contributed by atoms with Gasteiger partial charge in [-0.15, -0.1) is 0 Å². The van der Waals surface area contributed by atoms with Crippen molar-refractivity contribution in [3.8, 4) is 6.07 Å². The van der Waals surface area contributed by atoms with Crippen molar-refractivity contribution < 1.29 is 22.4 Å². The Labute approximate surface area is 196 Å². The summed E-state index contributed by atoms with van der Waals surface area (Å²) in [5, 5.41) is 11.4. The fourth-order valence-corrected chi connectivity index (χ4v) is 5.07. The summed E-state index contributed by atoms with van der Waals surface area (Å²) in [7, 11) is 1.38. The minimum atomic E-state index is -4.80. The Kier molecular flexibility index (Phi) is 5.58. The number of rotatable bonds is 3. The maximum absolute atomic E-state index is 14.7. The summed E-state index contributed by atoms with van der Waals surface area (Å²) in [5.74, 6) is -1.37. The van der Waals surface area contributed by atoms with E-state index < -0.39 is 34.7 Å². The molecule has 1 aromatic carbocycles. The van der Waals surface area contributed by atoms with Gasteiger partial charge >= 0.3 is 6.18 Å².